The highest BCUT2D eigenvalue weighted by molar-refractivity contribution is 5.80. The predicted octanol–water partition coefficient (Wildman–Crippen LogP) is 1.88. The lowest BCUT2D eigenvalue weighted by Gasteiger charge is -2.30. The van der Waals surface area contributed by atoms with Gasteiger partial charge in [0.15, 0.2) is 0 Å². The van der Waals surface area contributed by atoms with Crippen LogP contribution >= 0.6 is 0 Å². The minimum absolute atomic E-state index is 0.0218. The van der Waals surface area contributed by atoms with Crippen molar-refractivity contribution in [3.63, 3.8) is 0 Å². The summed E-state index contributed by atoms with van der Waals surface area (Å²) in [5, 5.41) is 12.3. The standard InChI is InChI=1S/C16H25NO4/c1-12(2)17-16(3,15(19)20-4)8-9-21-14-7-5-6-13(10-14)11-18/h5-7,10,12,17-18H,8-9,11H2,1-4H3. The number of carbonyl (C=O) groups excluding carboxylic acids is 1. The first kappa shape index (κ1) is 17.5. The molecule has 0 fully saturated rings. The van der Waals surface area contributed by atoms with E-state index in [2.05, 4.69) is 5.32 Å². The van der Waals surface area contributed by atoms with Gasteiger partial charge >= 0.3 is 5.97 Å². The molecule has 0 saturated carbocycles. The van der Waals surface area contributed by atoms with Crippen molar-refractivity contribution in [1.29, 1.82) is 0 Å². The van der Waals surface area contributed by atoms with Crippen LogP contribution in [-0.2, 0) is 16.1 Å². The summed E-state index contributed by atoms with van der Waals surface area (Å²) >= 11 is 0. The van der Waals surface area contributed by atoms with Gasteiger partial charge < -0.3 is 14.6 Å². The fraction of sp³-hybridized carbons (Fsp3) is 0.562. The predicted molar refractivity (Wildman–Crippen MR) is 81.2 cm³/mol. The number of rotatable bonds is 8. The Morgan fingerprint density at radius 1 is 1.43 bits per heavy atom. The van der Waals surface area contributed by atoms with Gasteiger partial charge in [0, 0.05) is 12.5 Å². The first-order valence-corrected chi connectivity index (χ1v) is 7.10. The monoisotopic (exact) mass is 295 g/mol. The lowest BCUT2D eigenvalue weighted by molar-refractivity contribution is -0.148. The Bertz CT molecular complexity index is 461. The fourth-order valence-corrected chi connectivity index (χ4v) is 2.20. The molecule has 1 atom stereocenters. The van der Waals surface area contributed by atoms with E-state index in [1.807, 2.05) is 39.0 Å². The number of benzene rings is 1. The molecule has 0 saturated heterocycles. The van der Waals surface area contributed by atoms with E-state index in [0.29, 0.717) is 18.8 Å². The lowest BCUT2D eigenvalue weighted by atomic mass is 9.97. The van der Waals surface area contributed by atoms with Crippen LogP contribution in [0.15, 0.2) is 24.3 Å². The van der Waals surface area contributed by atoms with Crippen molar-refractivity contribution >= 4 is 5.97 Å². The molecule has 0 aromatic heterocycles. The van der Waals surface area contributed by atoms with Crippen LogP contribution in [0.2, 0.25) is 0 Å². The number of nitrogens with one attached hydrogen (secondary N) is 1. The van der Waals surface area contributed by atoms with Crippen molar-refractivity contribution in [1.82, 2.24) is 5.32 Å². The molecule has 0 aliphatic heterocycles. The summed E-state index contributed by atoms with van der Waals surface area (Å²) in [5.41, 5.74) is 0.0147. The first-order chi connectivity index (χ1) is 9.91. The van der Waals surface area contributed by atoms with Crippen molar-refractivity contribution < 1.29 is 19.4 Å². The van der Waals surface area contributed by atoms with Gasteiger partial charge in [-0.3, -0.25) is 10.1 Å². The van der Waals surface area contributed by atoms with Gasteiger partial charge in [0.1, 0.15) is 11.3 Å². The van der Waals surface area contributed by atoms with Gasteiger partial charge in [-0.2, -0.15) is 0 Å². The second kappa shape index (κ2) is 8.00. The van der Waals surface area contributed by atoms with Crippen molar-refractivity contribution in [2.45, 2.75) is 45.4 Å². The largest absolute Gasteiger partial charge is 0.493 e. The molecule has 5 nitrogen and oxygen atoms in total. The van der Waals surface area contributed by atoms with Crippen LogP contribution in [0.3, 0.4) is 0 Å². The number of ether oxygens (including phenoxy) is 2. The van der Waals surface area contributed by atoms with Crippen LogP contribution in [0, 0.1) is 0 Å². The quantitative estimate of drug-likeness (QED) is 0.717. The highest BCUT2D eigenvalue weighted by Crippen LogP contribution is 2.17. The van der Waals surface area contributed by atoms with Crippen LogP contribution < -0.4 is 10.1 Å². The summed E-state index contributed by atoms with van der Waals surface area (Å²) in [6, 6.07) is 7.42. The molecule has 21 heavy (non-hydrogen) atoms. The van der Waals surface area contributed by atoms with Crippen LogP contribution in [0.1, 0.15) is 32.8 Å². The van der Waals surface area contributed by atoms with Crippen molar-refractivity contribution in [3.05, 3.63) is 29.8 Å². The fourth-order valence-electron chi connectivity index (χ4n) is 2.20. The van der Waals surface area contributed by atoms with E-state index in [9.17, 15) is 4.79 Å². The minimum Gasteiger partial charge on any atom is -0.493 e. The normalized spacial score (nSPS) is 13.8. The zero-order valence-corrected chi connectivity index (χ0v) is 13.2. The second-order valence-electron chi connectivity index (χ2n) is 5.53. The number of carbonyl (C=O) groups is 1. The van der Waals surface area contributed by atoms with Crippen molar-refractivity contribution in [2.24, 2.45) is 0 Å². The second-order valence-corrected chi connectivity index (χ2v) is 5.53. The summed E-state index contributed by atoms with van der Waals surface area (Å²) in [5.74, 6) is 0.377. The molecule has 0 radical (unpaired) electrons. The molecule has 5 heteroatoms. The highest BCUT2D eigenvalue weighted by Gasteiger charge is 2.34. The highest BCUT2D eigenvalue weighted by atomic mass is 16.5. The molecule has 1 unspecified atom stereocenters. The molecule has 0 amide bonds. The summed E-state index contributed by atoms with van der Waals surface area (Å²) in [4.78, 5) is 11.9. The maximum absolute atomic E-state index is 11.9. The van der Waals surface area contributed by atoms with Crippen LogP contribution in [0.4, 0.5) is 0 Å². The molecule has 0 heterocycles. The van der Waals surface area contributed by atoms with Crippen LogP contribution in [-0.4, -0.2) is 36.4 Å². The van der Waals surface area contributed by atoms with Gasteiger partial charge in [-0.15, -0.1) is 0 Å². The third-order valence-corrected chi connectivity index (χ3v) is 3.19. The first-order valence-electron chi connectivity index (χ1n) is 7.10. The summed E-state index contributed by atoms with van der Waals surface area (Å²) in [6.45, 7) is 6.12. The molecule has 2 N–H and O–H groups in total. The van der Waals surface area contributed by atoms with E-state index in [0.717, 1.165) is 5.56 Å². The Morgan fingerprint density at radius 2 is 2.14 bits per heavy atom. The topological polar surface area (TPSA) is 67.8 Å². The summed E-state index contributed by atoms with van der Waals surface area (Å²) in [6.07, 6.45) is 0.487. The van der Waals surface area contributed by atoms with Crippen LogP contribution in [0.5, 0.6) is 5.75 Å². The van der Waals surface area contributed by atoms with E-state index in [1.54, 1.807) is 6.07 Å². The number of hydrogen-bond donors (Lipinski definition) is 2. The van der Waals surface area contributed by atoms with Gasteiger partial charge in [0.05, 0.1) is 20.3 Å². The number of methoxy groups -OCH3 is 1. The third kappa shape index (κ3) is 5.36. The van der Waals surface area contributed by atoms with Gasteiger partial charge in [0.25, 0.3) is 0 Å². The lowest BCUT2D eigenvalue weighted by Crippen LogP contribution is -2.53. The molecule has 0 spiro atoms. The SMILES string of the molecule is COC(=O)C(C)(CCOc1cccc(CO)c1)NC(C)C. The maximum atomic E-state index is 11.9. The number of hydrogen-bond acceptors (Lipinski definition) is 5. The molecular weight excluding hydrogens is 270 g/mol. The average molecular weight is 295 g/mol. The molecule has 118 valence electrons. The zero-order valence-electron chi connectivity index (χ0n) is 13.2. The number of aliphatic hydroxyl groups is 1. The van der Waals surface area contributed by atoms with Gasteiger partial charge in [0.2, 0.25) is 0 Å². The van der Waals surface area contributed by atoms with E-state index in [4.69, 9.17) is 14.6 Å². The molecule has 0 aliphatic carbocycles. The van der Waals surface area contributed by atoms with E-state index in [1.165, 1.54) is 7.11 Å². The molecule has 1 rings (SSSR count). The Kier molecular flexibility index (Phi) is 6.65. The Labute approximate surface area is 126 Å². The minimum atomic E-state index is -0.780. The van der Waals surface area contributed by atoms with Crippen molar-refractivity contribution in [3.8, 4) is 5.75 Å². The van der Waals surface area contributed by atoms with Gasteiger partial charge in [-0.1, -0.05) is 12.1 Å². The van der Waals surface area contributed by atoms with E-state index >= 15 is 0 Å². The zero-order chi connectivity index (χ0) is 15.9. The molecule has 0 aliphatic rings. The maximum Gasteiger partial charge on any atom is 0.325 e. The Hall–Kier alpha value is -1.59. The smallest absolute Gasteiger partial charge is 0.325 e. The van der Waals surface area contributed by atoms with E-state index in [-0.39, 0.29) is 18.6 Å². The summed E-state index contributed by atoms with van der Waals surface area (Å²) < 4.78 is 10.5. The number of esters is 1. The van der Waals surface area contributed by atoms with Crippen molar-refractivity contribution in [2.75, 3.05) is 13.7 Å². The van der Waals surface area contributed by atoms with Crippen LogP contribution in [0.25, 0.3) is 0 Å². The molecular formula is C16H25NO4. The molecule has 1 aromatic rings. The average Bonchev–Trinajstić information content (AvgIpc) is 2.45. The van der Waals surface area contributed by atoms with Gasteiger partial charge in [-0.05, 0) is 38.5 Å². The third-order valence-electron chi connectivity index (χ3n) is 3.19. The van der Waals surface area contributed by atoms with Gasteiger partial charge in [-0.25, -0.2) is 0 Å². The molecule has 0 bridgehead atoms. The Balaban J connectivity index is 2.62. The molecule has 1 aromatic carbocycles. The Morgan fingerprint density at radius 3 is 2.71 bits per heavy atom. The number of aliphatic hydroxyl groups excluding tert-OH is 1. The van der Waals surface area contributed by atoms with E-state index < -0.39 is 5.54 Å². The summed E-state index contributed by atoms with van der Waals surface area (Å²) in [7, 11) is 1.38.